The van der Waals surface area contributed by atoms with Crippen LogP contribution in [0.5, 0.6) is 0 Å². The zero-order valence-corrected chi connectivity index (χ0v) is 12.1. The lowest BCUT2D eigenvalue weighted by Crippen LogP contribution is -2.15. The van der Waals surface area contributed by atoms with Crippen molar-refractivity contribution in [2.75, 3.05) is 5.32 Å². The molecule has 0 radical (unpaired) electrons. The fraction of sp³-hybridized carbons (Fsp3) is 0.0714. The van der Waals surface area contributed by atoms with Crippen LogP contribution >= 0.6 is 27.5 Å². The van der Waals surface area contributed by atoms with Gasteiger partial charge in [0.15, 0.2) is 0 Å². The summed E-state index contributed by atoms with van der Waals surface area (Å²) >= 11 is 8.97. The highest BCUT2D eigenvalue weighted by molar-refractivity contribution is 9.10. The third-order valence-corrected chi connectivity index (χ3v) is 3.20. The molecule has 0 aliphatic rings. The van der Waals surface area contributed by atoms with Gasteiger partial charge in [-0.15, -0.1) is 0 Å². The van der Waals surface area contributed by atoms with Crippen LogP contribution in [0.2, 0.25) is 5.02 Å². The fourth-order valence-electron chi connectivity index (χ4n) is 1.61. The van der Waals surface area contributed by atoms with Gasteiger partial charge in [-0.05, 0) is 35.9 Å². The Morgan fingerprint density at radius 3 is 2.74 bits per heavy atom. The molecule has 0 fully saturated rings. The van der Waals surface area contributed by atoms with Crippen LogP contribution in [0.1, 0.15) is 5.56 Å². The van der Waals surface area contributed by atoms with E-state index in [2.05, 4.69) is 21.2 Å². The molecule has 0 bridgehead atoms. The van der Waals surface area contributed by atoms with E-state index < -0.39 is 5.82 Å². The van der Waals surface area contributed by atoms with Crippen LogP contribution in [0.15, 0.2) is 46.9 Å². The molecule has 2 aromatic rings. The zero-order valence-electron chi connectivity index (χ0n) is 9.79. The topological polar surface area (TPSA) is 29.1 Å². The standard InChI is InChI=1S/C14H10BrClFNO/c15-10-2-1-3-12(7-10)18-14(19)6-9-4-5-11(16)8-13(9)17/h1-5,7-8H,6H2,(H,18,19). The number of carbonyl (C=O) groups is 1. The molecule has 0 aliphatic heterocycles. The van der Waals surface area contributed by atoms with E-state index >= 15 is 0 Å². The largest absolute Gasteiger partial charge is 0.326 e. The van der Waals surface area contributed by atoms with Crippen molar-refractivity contribution >= 4 is 39.1 Å². The predicted octanol–water partition coefficient (Wildman–Crippen LogP) is 4.42. The van der Waals surface area contributed by atoms with Crippen molar-refractivity contribution in [2.45, 2.75) is 6.42 Å². The SMILES string of the molecule is O=C(Cc1ccc(Cl)cc1F)Nc1cccc(Br)c1. The third-order valence-electron chi connectivity index (χ3n) is 2.47. The molecule has 0 aromatic heterocycles. The van der Waals surface area contributed by atoms with E-state index in [1.54, 1.807) is 18.2 Å². The first-order chi connectivity index (χ1) is 9.04. The second-order valence-electron chi connectivity index (χ2n) is 3.97. The van der Waals surface area contributed by atoms with Crippen molar-refractivity contribution in [1.82, 2.24) is 0 Å². The van der Waals surface area contributed by atoms with E-state index in [-0.39, 0.29) is 12.3 Å². The second kappa shape index (κ2) is 6.17. The Kier molecular flexibility index (Phi) is 4.56. The molecule has 0 saturated carbocycles. The van der Waals surface area contributed by atoms with Gasteiger partial charge in [0.2, 0.25) is 5.91 Å². The van der Waals surface area contributed by atoms with Crippen LogP contribution in [-0.4, -0.2) is 5.91 Å². The molecule has 19 heavy (non-hydrogen) atoms. The second-order valence-corrected chi connectivity index (χ2v) is 5.32. The molecule has 5 heteroatoms. The van der Waals surface area contributed by atoms with Crippen molar-refractivity contribution in [3.05, 3.63) is 63.3 Å². The fourth-order valence-corrected chi connectivity index (χ4v) is 2.17. The van der Waals surface area contributed by atoms with Crippen molar-refractivity contribution in [2.24, 2.45) is 0 Å². The Morgan fingerprint density at radius 2 is 2.05 bits per heavy atom. The number of halogens is 3. The summed E-state index contributed by atoms with van der Waals surface area (Å²) < 4.78 is 14.4. The molecule has 1 N–H and O–H groups in total. The van der Waals surface area contributed by atoms with Crippen LogP contribution in [0, 0.1) is 5.82 Å². The molecular weight excluding hydrogens is 333 g/mol. The molecule has 2 rings (SSSR count). The van der Waals surface area contributed by atoms with Crippen molar-refractivity contribution in [1.29, 1.82) is 0 Å². The number of hydrogen-bond acceptors (Lipinski definition) is 1. The van der Waals surface area contributed by atoms with E-state index in [1.165, 1.54) is 12.1 Å². The number of amides is 1. The summed E-state index contributed by atoms with van der Waals surface area (Å²) in [5.74, 6) is -0.754. The summed E-state index contributed by atoms with van der Waals surface area (Å²) in [5, 5.41) is 3.02. The van der Waals surface area contributed by atoms with E-state index in [4.69, 9.17) is 11.6 Å². The molecule has 0 saturated heterocycles. The lowest BCUT2D eigenvalue weighted by molar-refractivity contribution is -0.115. The Hall–Kier alpha value is -1.39. The van der Waals surface area contributed by atoms with Gasteiger partial charge in [0.05, 0.1) is 6.42 Å². The molecule has 0 unspecified atom stereocenters. The Bertz CT molecular complexity index is 618. The Balaban J connectivity index is 2.05. The average Bonchev–Trinajstić information content (AvgIpc) is 2.33. The monoisotopic (exact) mass is 341 g/mol. The van der Waals surface area contributed by atoms with Gasteiger partial charge in [-0.25, -0.2) is 4.39 Å². The van der Waals surface area contributed by atoms with E-state index in [0.29, 0.717) is 16.3 Å². The number of hydrogen-bond donors (Lipinski definition) is 1. The van der Waals surface area contributed by atoms with Gasteiger partial charge in [0.25, 0.3) is 0 Å². The molecule has 98 valence electrons. The number of rotatable bonds is 3. The highest BCUT2D eigenvalue weighted by Crippen LogP contribution is 2.18. The molecule has 0 heterocycles. The maximum atomic E-state index is 13.5. The smallest absolute Gasteiger partial charge is 0.228 e. The quantitative estimate of drug-likeness (QED) is 0.879. The minimum absolute atomic E-state index is 0.0322. The molecule has 0 spiro atoms. The minimum Gasteiger partial charge on any atom is -0.326 e. The van der Waals surface area contributed by atoms with Gasteiger partial charge in [0.1, 0.15) is 5.82 Å². The van der Waals surface area contributed by atoms with Gasteiger partial charge in [-0.2, -0.15) is 0 Å². The molecule has 2 nitrogen and oxygen atoms in total. The number of carbonyl (C=O) groups excluding carboxylic acids is 1. The highest BCUT2D eigenvalue weighted by Gasteiger charge is 2.09. The van der Waals surface area contributed by atoms with E-state index in [0.717, 1.165) is 4.47 Å². The van der Waals surface area contributed by atoms with Crippen LogP contribution < -0.4 is 5.32 Å². The van der Waals surface area contributed by atoms with Crippen LogP contribution in [0.25, 0.3) is 0 Å². The van der Waals surface area contributed by atoms with Crippen LogP contribution in [0.4, 0.5) is 10.1 Å². The molecule has 2 aromatic carbocycles. The van der Waals surface area contributed by atoms with Gasteiger partial charge in [0, 0.05) is 15.2 Å². The van der Waals surface area contributed by atoms with E-state index in [1.807, 2.05) is 12.1 Å². The normalized spacial score (nSPS) is 10.3. The summed E-state index contributed by atoms with van der Waals surface area (Å²) in [6.45, 7) is 0. The average molecular weight is 343 g/mol. The first-order valence-electron chi connectivity index (χ1n) is 5.54. The lowest BCUT2D eigenvalue weighted by Gasteiger charge is -2.06. The van der Waals surface area contributed by atoms with Crippen molar-refractivity contribution in [3.8, 4) is 0 Å². The first-order valence-corrected chi connectivity index (χ1v) is 6.71. The molecular formula is C14H10BrClFNO. The highest BCUT2D eigenvalue weighted by atomic mass is 79.9. The van der Waals surface area contributed by atoms with Crippen LogP contribution in [0.3, 0.4) is 0 Å². The maximum absolute atomic E-state index is 13.5. The Morgan fingerprint density at radius 1 is 1.26 bits per heavy atom. The van der Waals surface area contributed by atoms with Gasteiger partial charge in [-0.3, -0.25) is 4.79 Å². The van der Waals surface area contributed by atoms with Crippen LogP contribution in [-0.2, 0) is 11.2 Å². The number of benzene rings is 2. The molecule has 0 aliphatic carbocycles. The third kappa shape index (κ3) is 4.04. The summed E-state index contributed by atoms with van der Waals surface area (Å²) in [4.78, 5) is 11.8. The zero-order chi connectivity index (χ0) is 13.8. The maximum Gasteiger partial charge on any atom is 0.228 e. The van der Waals surface area contributed by atoms with E-state index in [9.17, 15) is 9.18 Å². The minimum atomic E-state index is -0.475. The molecule has 0 atom stereocenters. The summed E-state index contributed by atoms with van der Waals surface area (Å²) in [6.07, 6.45) is -0.0322. The number of anilines is 1. The van der Waals surface area contributed by atoms with Crippen molar-refractivity contribution < 1.29 is 9.18 Å². The number of nitrogens with one attached hydrogen (secondary N) is 1. The van der Waals surface area contributed by atoms with Crippen molar-refractivity contribution in [3.63, 3.8) is 0 Å². The predicted molar refractivity (Wildman–Crippen MR) is 77.9 cm³/mol. The van der Waals surface area contributed by atoms with Gasteiger partial charge in [-0.1, -0.05) is 39.7 Å². The summed E-state index contributed by atoms with van der Waals surface area (Å²) in [7, 11) is 0. The van der Waals surface area contributed by atoms with Gasteiger partial charge < -0.3 is 5.32 Å². The lowest BCUT2D eigenvalue weighted by atomic mass is 10.1. The Labute approximate surface area is 123 Å². The molecule has 1 amide bonds. The summed E-state index contributed by atoms with van der Waals surface area (Å²) in [5.41, 5.74) is 0.977. The summed E-state index contributed by atoms with van der Waals surface area (Å²) in [6, 6.07) is 11.5. The van der Waals surface area contributed by atoms with Gasteiger partial charge >= 0.3 is 0 Å². The first kappa shape index (κ1) is 14.0.